The molecular formula is C18H25BrF2OSi. The molecule has 5 heteroatoms. The minimum Gasteiger partial charge on any atom is -0.546 e. The molecule has 0 heterocycles. The molecule has 1 aliphatic carbocycles. The number of aryl methyl sites for hydroxylation is 1. The van der Waals surface area contributed by atoms with Gasteiger partial charge in [0, 0.05) is 4.48 Å². The second kappa shape index (κ2) is 5.99. The average molecular weight is 403 g/mol. The van der Waals surface area contributed by atoms with Crippen LogP contribution >= 0.6 is 15.9 Å². The van der Waals surface area contributed by atoms with Crippen LogP contribution in [-0.4, -0.2) is 14.2 Å². The first-order chi connectivity index (χ1) is 10.3. The van der Waals surface area contributed by atoms with Gasteiger partial charge in [-0.3, -0.25) is 0 Å². The molecule has 2 rings (SSSR count). The van der Waals surface area contributed by atoms with Crippen LogP contribution < -0.4 is 0 Å². The van der Waals surface area contributed by atoms with Gasteiger partial charge in [0.2, 0.25) is 8.32 Å². The van der Waals surface area contributed by atoms with Crippen molar-refractivity contribution in [3.8, 4) is 0 Å². The van der Waals surface area contributed by atoms with Crippen LogP contribution in [0.25, 0.3) is 0 Å². The van der Waals surface area contributed by atoms with Crippen molar-refractivity contribution in [2.45, 2.75) is 64.1 Å². The first-order valence-corrected chi connectivity index (χ1v) is 11.6. The van der Waals surface area contributed by atoms with E-state index in [2.05, 4.69) is 49.8 Å². The Kier molecular flexibility index (Phi) is 4.86. The highest BCUT2D eigenvalue weighted by molar-refractivity contribution is 9.11. The van der Waals surface area contributed by atoms with Crippen molar-refractivity contribution >= 4 is 24.2 Å². The Hall–Kier alpha value is -0.683. The van der Waals surface area contributed by atoms with Crippen LogP contribution in [0.3, 0.4) is 0 Å². The Balaban J connectivity index is 2.37. The maximum Gasteiger partial charge on any atom is 0.266 e. The van der Waals surface area contributed by atoms with Gasteiger partial charge in [0.15, 0.2) is 0 Å². The van der Waals surface area contributed by atoms with Gasteiger partial charge in [0.1, 0.15) is 0 Å². The fourth-order valence-corrected chi connectivity index (χ4v) is 4.52. The lowest BCUT2D eigenvalue weighted by Gasteiger charge is -2.37. The van der Waals surface area contributed by atoms with Crippen molar-refractivity contribution in [3.05, 3.63) is 45.6 Å². The molecule has 0 aliphatic heterocycles. The van der Waals surface area contributed by atoms with Gasteiger partial charge in [-0.05, 0) is 30.6 Å². The molecule has 0 spiro atoms. The van der Waals surface area contributed by atoms with E-state index >= 15 is 0 Å². The largest absolute Gasteiger partial charge is 0.546 e. The van der Waals surface area contributed by atoms with Crippen LogP contribution in [0, 0.1) is 6.92 Å². The third-order valence-corrected chi connectivity index (χ3v) is 10.2. The number of alkyl halides is 2. The summed E-state index contributed by atoms with van der Waals surface area (Å²) in [6.45, 7) is 12.4. The van der Waals surface area contributed by atoms with Gasteiger partial charge in [-0.1, -0.05) is 66.5 Å². The van der Waals surface area contributed by atoms with Crippen LogP contribution in [0.4, 0.5) is 8.78 Å². The van der Waals surface area contributed by atoms with E-state index in [9.17, 15) is 8.78 Å². The summed E-state index contributed by atoms with van der Waals surface area (Å²) in [4.78, 5) is 0. The van der Waals surface area contributed by atoms with Crippen LogP contribution in [-0.2, 0) is 4.43 Å². The molecule has 0 amide bonds. The monoisotopic (exact) mass is 402 g/mol. The predicted molar refractivity (Wildman–Crippen MR) is 97.7 cm³/mol. The first kappa shape index (κ1) is 18.7. The topological polar surface area (TPSA) is 9.23 Å². The molecule has 0 radical (unpaired) electrons. The maximum atomic E-state index is 14.6. The van der Waals surface area contributed by atoms with E-state index in [4.69, 9.17) is 4.43 Å². The zero-order chi connectivity index (χ0) is 17.6. The molecule has 0 N–H and O–H groups in total. The molecule has 0 saturated heterocycles. The molecule has 128 valence electrons. The second-order valence-corrected chi connectivity index (χ2v) is 13.5. The minimum atomic E-state index is -2.83. The van der Waals surface area contributed by atoms with Crippen molar-refractivity contribution < 1.29 is 13.2 Å². The SMILES string of the molecule is Cc1ccc(C2C(Br)=C(O[Si](C)(C)C(C)(C)C)CC2(F)F)cc1. The number of halogens is 3. The van der Waals surface area contributed by atoms with Crippen LogP contribution in [0.5, 0.6) is 0 Å². The fourth-order valence-electron chi connectivity index (χ4n) is 2.44. The molecule has 23 heavy (non-hydrogen) atoms. The van der Waals surface area contributed by atoms with Gasteiger partial charge in [0.05, 0.1) is 18.1 Å². The number of benzene rings is 1. The normalized spacial score (nSPS) is 21.7. The molecule has 1 nitrogen and oxygen atoms in total. The zero-order valence-corrected chi connectivity index (χ0v) is 17.2. The highest BCUT2D eigenvalue weighted by Crippen LogP contribution is 2.54. The van der Waals surface area contributed by atoms with Gasteiger partial charge in [-0.2, -0.15) is 0 Å². The lowest BCUT2D eigenvalue weighted by atomic mass is 9.95. The van der Waals surface area contributed by atoms with E-state index in [-0.39, 0.29) is 11.5 Å². The molecule has 1 aliphatic rings. The Morgan fingerprint density at radius 2 is 1.70 bits per heavy atom. The quantitative estimate of drug-likeness (QED) is 0.508. The average Bonchev–Trinajstić information content (AvgIpc) is 2.59. The van der Waals surface area contributed by atoms with Crippen LogP contribution in [0.15, 0.2) is 34.5 Å². The molecular weight excluding hydrogens is 378 g/mol. The minimum absolute atomic E-state index is 0.0233. The summed E-state index contributed by atoms with van der Waals surface area (Å²) in [5.74, 6) is -3.36. The van der Waals surface area contributed by atoms with E-state index in [1.165, 1.54) is 0 Å². The smallest absolute Gasteiger partial charge is 0.266 e. The maximum absolute atomic E-state index is 14.6. The Labute approximate surface area is 147 Å². The molecule has 0 saturated carbocycles. The standard InChI is InChI=1S/C18H25BrF2OSi/c1-12-7-9-13(10-8-12)15-16(19)14(11-18(15,20)21)22-23(5,6)17(2,3)4/h7-10,15H,11H2,1-6H3. The summed E-state index contributed by atoms with van der Waals surface area (Å²) in [5, 5.41) is -0.0233. The predicted octanol–water partition coefficient (Wildman–Crippen LogP) is 6.75. The van der Waals surface area contributed by atoms with E-state index < -0.39 is 20.2 Å². The molecule has 1 aromatic rings. The van der Waals surface area contributed by atoms with Crippen molar-refractivity contribution in [3.63, 3.8) is 0 Å². The summed E-state index contributed by atoms with van der Waals surface area (Å²) < 4.78 is 35.9. The summed E-state index contributed by atoms with van der Waals surface area (Å²) in [7, 11) is -2.13. The molecule has 0 fully saturated rings. The lowest BCUT2D eigenvalue weighted by Crippen LogP contribution is -2.40. The zero-order valence-electron chi connectivity index (χ0n) is 14.6. The summed E-state index contributed by atoms with van der Waals surface area (Å²) >= 11 is 3.42. The molecule has 1 aromatic carbocycles. The Bertz CT molecular complexity index is 615. The van der Waals surface area contributed by atoms with Crippen molar-refractivity contribution in [2.24, 2.45) is 0 Å². The van der Waals surface area contributed by atoms with Gasteiger partial charge in [-0.15, -0.1) is 0 Å². The number of hydrogen-bond acceptors (Lipinski definition) is 1. The number of rotatable bonds is 3. The summed E-state index contributed by atoms with van der Waals surface area (Å²) in [6.07, 6.45) is -0.335. The van der Waals surface area contributed by atoms with E-state index in [0.29, 0.717) is 15.8 Å². The van der Waals surface area contributed by atoms with E-state index in [1.807, 2.05) is 19.1 Å². The fraction of sp³-hybridized carbons (Fsp3) is 0.556. The lowest BCUT2D eigenvalue weighted by molar-refractivity contribution is -0.00824. The Morgan fingerprint density at radius 3 is 2.17 bits per heavy atom. The molecule has 1 unspecified atom stereocenters. The summed E-state index contributed by atoms with van der Waals surface area (Å²) in [6, 6.07) is 7.31. The van der Waals surface area contributed by atoms with Crippen molar-refractivity contribution in [1.29, 1.82) is 0 Å². The van der Waals surface area contributed by atoms with Crippen molar-refractivity contribution in [2.75, 3.05) is 0 Å². The molecule has 1 atom stereocenters. The van der Waals surface area contributed by atoms with Gasteiger partial charge in [0.25, 0.3) is 5.92 Å². The number of allylic oxidation sites excluding steroid dienone is 2. The third kappa shape index (κ3) is 3.71. The number of hydrogen-bond donors (Lipinski definition) is 0. The second-order valence-electron chi connectivity index (χ2n) is 7.91. The Morgan fingerprint density at radius 1 is 1.17 bits per heavy atom. The molecule has 0 bridgehead atoms. The highest BCUT2D eigenvalue weighted by Gasteiger charge is 2.52. The highest BCUT2D eigenvalue weighted by atomic mass is 79.9. The third-order valence-electron chi connectivity index (χ3n) is 4.93. The first-order valence-electron chi connectivity index (χ1n) is 7.87. The van der Waals surface area contributed by atoms with E-state index in [1.54, 1.807) is 12.1 Å². The van der Waals surface area contributed by atoms with E-state index in [0.717, 1.165) is 5.56 Å². The van der Waals surface area contributed by atoms with Crippen LogP contribution in [0.2, 0.25) is 18.1 Å². The van der Waals surface area contributed by atoms with Gasteiger partial charge in [-0.25, -0.2) is 8.78 Å². The summed E-state index contributed by atoms with van der Waals surface area (Å²) in [5.41, 5.74) is 1.69. The van der Waals surface area contributed by atoms with Crippen molar-refractivity contribution in [1.82, 2.24) is 0 Å². The van der Waals surface area contributed by atoms with Gasteiger partial charge < -0.3 is 4.43 Å². The molecule has 0 aromatic heterocycles. The van der Waals surface area contributed by atoms with Crippen LogP contribution in [0.1, 0.15) is 44.2 Å². The van der Waals surface area contributed by atoms with Gasteiger partial charge >= 0.3 is 0 Å².